The van der Waals surface area contributed by atoms with Crippen molar-refractivity contribution in [3.05, 3.63) is 71.9 Å². The van der Waals surface area contributed by atoms with Crippen LogP contribution < -0.4 is 16.4 Å². The zero-order valence-electron chi connectivity index (χ0n) is 13.9. The largest absolute Gasteiger partial charge is 0.382 e. The molecule has 8 heteroatoms. The van der Waals surface area contributed by atoms with E-state index in [0.717, 1.165) is 5.56 Å². The van der Waals surface area contributed by atoms with Crippen LogP contribution in [0, 0.1) is 0 Å². The summed E-state index contributed by atoms with van der Waals surface area (Å²) in [6, 6.07) is 18.5. The van der Waals surface area contributed by atoms with E-state index in [1.807, 2.05) is 48.5 Å². The van der Waals surface area contributed by atoms with Gasteiger partial charge in [0.15, 0.2) is 11.5 Å². The summed E-state index contributed by atoms with van der Waals surface area (Å²) in [5, 5.41) is 13.0. The van der Waals surface area contributed by atoms with Crippen LogP contribution in [0.5, 0.6) is 0 Å². The topological polar surface area (TPSA) is 115 Å². The summed E-state index contributed by atoms with van der Waals surface area (Å²) in [5.41, 5.74) is 7.52. The Morgan fingerprint density at radius 2 is 1.65 bits per heavy atom. The first-order valence-electron chi connectivity index (χ1n) is 7.99. The van der Waals surface area contributed by atoms with Gasteiger partial charge in [-0.2, -0.15) is 0 Å². The van der Waals surface area contributed by atoms with E-state index in [-0.39, 0.29) is 24.0 Å². The molecule has 1 aromatic heterocycles. The maximum absolute atomic E-state index is 12.2. The Bertz CT molecular complexity index is 893. The van der Waals surface area contributed by atoms with Gasteiger partial charge in [0.05, 0.1) is 0 Å². The van der Waals surface area contributed by atoms with Crippen molar-refractivity contribution in [3.63, 3.8) is 0 Å². The normalized spacial score (nSPS) is 10.3. The first-order valence-corrected chi connectivity index (χ1v) is 7.99. The number of rotatable bonds is 6. The molecule has 0 bridgehead atoms. The third kappa shape index (κ3) is 4.23. The molecule has 0 aliphatic carbocycles. The predicted molar refractivity (Wildman–Crippen MR) is 97.1 cm³/mol. The van der Waals surface area contributed by atoms with E-state index in [1.54, 1.807) is 12.1 Å². The molecular weight excluding hydrogens is 332 g/mol. The van der Waals surface area contributed by atoms with Gasteiger partial charge in [-0.3, -0.25) is 9.59 Å². The van der Waals surface area contributed by atoms with Gasteiger partial charge in [-0.05, 0) is 17.7 Å². The summed E-state index contributed by atoms with van der Waals surface area (Å²) in [4.78, 5) is 24.3. The van der Waals surface area contributed by atoms with Crippen LogP contribution in [0.1, 0.15) is 16.1 Å². The second kappa shape index (κ2) is 7.93. The standard InChI is InChI=1S/C18H18N6O2/c19-17-16(18(26)20-11-13-7-3-1-4-8-13)22-23-24(17)12-15(25)21-14-9-5-2-6-10-14/h1-10H,11-12,19H2,(H,20,26)(H,21,25). The van der Waals surface area contributed by atoms with Gasteiger partial charge in [0, 0.05) is 12.2 Å². The van der Waals surface area contributed by atoms with Crippen molar-refractivity contribution in [2.45, 2.75) is 13.1 Å². The van der Waals surface area contributed by atoms with E-state index < -0.39 is 5.91 Å². The molecule has 0 aliphatic rings. The number of hydrogen-bond donors (Lipinski definition) is 3. The fraction of sp³-hybridized carbons (Fsp3) is 0.111. The lowest BCUT2D eigenvalue weighted by atomic mass is 10.2. The quantitative estimate of drug-likeness (QED) is 0.622. The van der Waals surface area contributed by atoms with Crippen LogP contribution in [0.15, 0.2) is 60.7 Å². The maximum Gasteiger partial charge on any atom is 0.275 e. The summed E-state index contributed by atoms with van der Waals surface area (Å²) in [7, 11) is 0. The minimum atomic E-state index is -0.443. The van der Waals surface area contributed by atoms with Crippen LogP contribution >= 0.6 is 0 Å². The molecule has 26 heavy (non-hydrogen) atoms. The molecule has 3 aromatic rings. The fourth-order valence-electron chi connectivity index (χ4n) is 2.32. The molecule has 0 spiro atoms. The smallest absolute Gasteiger partial charge is 0.275 e. The van der Waals surface area contributed by atoms with Gasteiger partial charge >= 0.3 is 0 Å². The number of nitrogen functional groups attached to an aromatic ring is 1. The van der Waals surface area contributed by atoms with E-state index in [4.69, 9.17) is 5.73 Å². The summed E-state index contributed by atoms with van der Waals surface area (Å²) in [6.45, 7) is 0.208. The van der Waals surface area contributed by atoms with Crippen LogP contribution in [0.4, 0.5) is 11.5 Å². The second-order valence-electron chi connectivity index (χ2n) is 5.56. The molecule has 0 unspecified atom stereocenters. The van der Waals surface area contributed by atoms with Crippen molar-refractivity contribution in [2.75, 3.05) is 11.1 Å². The van der Waals surface area contributed by atoms with Crippen LogP contribution in [0.25, 0.3) is 0 Å². The van der Waals surface area contributed by atoms with Crippen molar-refractivity contribution in [3.8, 4) is 0 Å². The van der Waals surface area contributed by atoms with Crippen molar-refractivity contribution in [1.29, 1.82) is 0 Å². The van der Waals surface area contributed by atoms with Gasteiger partial charge < -0.3 is 16.4 Å². The Morgan fingerprint density at radius 3 is 2.35 bits per heavy atom. The minimum absolute atomic E-state index is 0.00607. The van der Waals surface area contributed by atoms with Gasteiger partial charge in [-0.15, -0.1) is 5.10 Å². The van der Waals surface area contributed by atoms with Crippen LogP contribution in [0.2, 0.25) is 0 Å². The number of nitrogens with zero attached hydrogens (tertiary/aromatic N) is 3. The van der Waals surface area contributed by atoms with Gasteiger partial charge in [0.1, 0.15) is 6.54 Å². The summed E-state index contributed by atoms with van der Waals surface area (Å²) < 4.78 is 1.19. The van der Waals surface area contributed by atoms with Gasteiger partial charge in [-0.1, -0.05) is 53.7 Å². The number of aromatic nitrogens is 3. The number of amides is 2. The zero-order chi connectivity index (χ0) is 18.4. The Kier molecular flexibility index (Phi) is 5.23. The number of para-hydroxylation sites is 1. The molecule has 3 rings (SSSR count). The highest BCUT2D eigenvalue weighted by Gasteiger charge is 2.18. The first-order chi connectivity index (χ1) is 12.6. The lowest BCUT2D eigenvalue weighted by molar-refractivity contribution is -0.116. The average molecular weight is 350 g/mol. The molecule has 0 fully saturated rings. The highest BCUT2D eigenvalue weighted by atomic mass is 16.2. The van der Waals surface area contributed by atoms with Crippen LogP contribution in [-0.2, 0) is 17.9 Å². The average Bonchev–Trinajstić information content (AvgIpc) is 3.02. The van der Waals surface area contributed by atoms with E-state index in [1.165, 1.54) is 4.68 Å². The first kappa shape index (κ1) is 17.2. The molecule has 1 heterocycles. The second-order valence-corrected chi connectivity index (χ2v) is 5.56. The van der Waals surface area contributed by atoms with Crippen molar-refractivity contribution < 1.29 is 9.59 Å². The molecule has 4 N–H and O–H groups in total. The molecule has 132 valence electrons. The fourth-order valence-corrected chi connectivity index (χ4v) is 2.32. The number of benzene rings is 2. The number of carbonyl (C=O) groups is 2. The predicted octanol–water partition coefficient (Wildman–Crippen LogP) is 1.43. The molecule has 2 aromatic carbocycles. The minimum Gasteiger partial charge on any atom is -0.382 e. The lowest BCUT2D eigenvalue weighted by Crippen LogP contribution is -2.25. The third-order valence-electron chi connectivity index (χ3n) is 3.64. The van der Waals surface area contributed by atoms with Gasteiger partial charge in [0.25, 0.3) is 5.91 Å². The van der Waals surface area contributed by atoms with Crippen molar-refractivity contribution in [2.24, 2.45) is 0 Å². The molecule has 0 atom stereocenters. The number of hydrogen-bond acceptors (Lipinski definition) is 5. The summed E-state index contributed by atoms with van der Waals surface area (Å²) >= 11 is 0. The Morgan fingerprint density at radius 1 is 1.00 bits per heavy atom. The van der Waals surface area contributed by atoms with E-state index >= 15 is 0 Å². The Labute approximate surface area is 150 Å². The molecule has 2 amide bonds. The number of nitrogens with one attached hydrogen (secondary N) is 2. The molecule has 0 saturated carbocycles. The highest BCUT2D eigenvalue weighted by molar-refractivity contribution is 5.96. The van der Waals surface area contributed by atoms with Crippen molar-refractivity contribution >= 4 is 23.3 Å². The van der Waals surface area contributed by atoms with Crippen molar-refractivity contribution in [1.82, 2.24) is 20.3 Å². The number of carbonyl (C=O) groups excluding carboxylic acids is 2. The summed E-state index contributed by atoms with van der Waals surface area (Å²) in [5.74, 6) is -0.719. The van der Waals surface area contributed by atoms with Crippen LogP contribution in [0.3, 0.4) is 0 Å². The maximum atomic E-state index is 12.2. The SMILES string of the molecule is Nc1c(C(=O)NCc2ccccc2)nnn1CC(=O)Nc1ccccc1. The molecule has 0 aliphatic heterocycles. The molecule has 8 nitrogen and oxygen atoms in total. The Balaban J connectivity index is 1.60. The van der Waals surface area contributed by atoms with Gasteiger partial charge in [0.2, 0.25) is 5.91 Å². The highest BCUT2D eigenvalue weighted by Crippen LogP contribution is 2.10. The molecule has 0 radical (unpaired) electrons. The lowest BCUT2D eigenvalue weighted by Gasteiger charge is -2.06. The Hall–Kier alpha value is -3.68. The van der Waals surface area contributed by atoms with Gasteiger partial charge in [-0.25, -0.2) is 4.68 Å². The monoisotopic (exact) mass is 350 g/mol. The zero-order valence-corrected chi connectivity index (χ0v) is 13.9. The number of nitrogens with two attached hydrogens (primary N) is 1. The number of anilines is 2. The van der Waals surface area contributed by atoms with Crippen LogP contribution in [-0.4, -0.2) is 26.8 Å². The van der Waals surface area contributed by atoms with E-state index in [0.29, 0.717) is 12.2 Å². The molecule has 0 saturated heterocycles. The summed E-state index contributed by atoms with van der Waals surface area (Å²) in [6.07, 6.45) is 0. The molecular formula is C18H18N6O2. The third-order valence-corrected chi connectivity index (χ3v) is 3.64. The van der Waals surface area contributed by atoms with E-state index in [9.17, 15) is 9.59 Å². The van der Waals surface area contributed by atoms with E-state index in [2.05, 4.69) is 20.9 Å².